The molecule has 2 saturated heterocycles. The minimum absolute atomic E-state index is 0.0967. The first-order valence-electron chi connectivity index (χ1n) is 9.40. The van der Waals surface area contributed by atoms with E-state index >= 15 is 0 Å². The van der Waals surface area contributed by atoms with Crippen molar-refractivity contribution in [3.63, 3.8) is 0 Å². The molecule has 0 aromatic carbocycles. The Hall–Kier alpha value is -0.680. The van der Waals surface area contributed by atoms with Crippen LogP contribution in [0.1, 0.15) is 33.1 Å². The predicted molar refractivity (Wildman–Crippen MR) is 103 cm³/mol. The van der Waals surface area contributed by atoms with E-state index in [2.05, 4.69) is 17.1 Å². The summed E-state index contributed by atoms with van der Waals surface area (Å²) in [6.45, 7) is 7.10. The maximum atomic E-state index is 12.7. The first-order valence-corrected chi connectivity index (χ1v) is 11.9. The maximum Gasteiger partial charge on any atom is 0.511 e. The van der Waals surface area contributed by atoms with Gasteiger partial charge in [-0.1, -0.05) is 6.92 Å². The van der Waals surface area contributed by atoms with Gasteiger partial charge in [-0.15, -0.1) is 0 Å². The van der Waals surface area contributed by atoms with Crippen LogP contribution in [0.5, 0.6) is 0 Å². The van der Waals surface area contributed by atoms with Crippen molar-refractivity contribution in [3.05, 3.63) is 0 Å². The van der Waals surface area contributed by atoms with Crippen molar-refractivity contribution in [1.82, 2.24) is 14.5 Å². The highest BCUT2D eigenvalue weighted by atomic mass is 32.2. The molecule has 158 valence electrons. The molecule has 11 heteroatoms. The van der Waals surface area contributed by atoms with Crippen LogP contribution in [0.3, 0.4) is 0 Å². The molecule has 2 aliphatic heterocycles. The van der Waals surface area contributed by atoms with Crippen LogP contribution >= 0.6 is 11.8 Å². The number of piperidine rings is 1. The number of thioether (sulfide) groups is 1. The van der Waals surface area contributed by atoms with Crippen molar-refractivity contribution in [2.75, 3.05) is 45.0 Å². The highest BCUT2D eigenvalue weighted by molar-refractivity contribution is 8.00. The van der Waals surface area contributed by atoms with E-state index in [1.54, 1.807) is 0 Å². The van der Waals surface area contributed by atoms with E-state index in [9.17, 15) is 21.6 Å². The zero-order chi connectivity index (χ0) is 20.1. The molecular weight excluding hydrogens is 401 g/mol. The van der Waals surface area contributed by atoms with Crippen molar-refractivity contribution in [2.45, 2.75) is 43.9 Å². The van der Waals surface area contributed by atoms with Gasteiger partial charge in [0.25, 0.3) is 0 Å². The monoisotopic (exact) mass is 430 g/mol. The summed E-state index contributed by atoms with van der Waals surface area (Å²) in [5, 5.41) is 3.88. The molecule has 0 radical (unpaired) electrons. The third-order valence-electron chi connectivity index (χ3n) is 4.93. The molecule has 1 N–H and O–H groups in total. The average molecular weight is 431 g/mol. The molecule has 0 bridgehead atoms. The van der Waals surface area contributed by atoms with Gasteiger partial charge >= 0.3 is 15.5 Å². The molecule has 0 aromatic heterocycles. The number of guanidine groups is 1. The van der Waals surface area contributed by atoms with Crippen LogP contribution in [0.25, 0.3) is 0 Å². The number of alkyl halides is 3. The number of hydrogen-bond acceptors (Lipinski definition) is 4. The van der Waals surface area contributed by atoms with Crippen LogP contribution in [-0.2, 0) is 10.0 Å². The second-order valence-corrected chi connectivity index (χ2v) is 10.2. The highest BCUT2D eigenvalue weighted by Gasteiger charge is 2.50. The van der Waals surface area contributed by atoms with Gasteiger partial charge in [-0.05, 0) is 32.1 Å². The summed E-state index contributed by atoms with van der Waals surface area (Å²) in [5.41, 5.74) is -5.22. The fourth-order valence-corrected chi connectivity index (χ4v) is 5.44. The second kappa shape index (κ2) is 9.69. The lowest BCUT2D eigenvalue weighted by atomic mass is 9.98. The number of aliphatic imine (C=N–C) groups is 1. The molecule has 2 rings (SSSR count). The number of nitrogens with one attached hydrogen (secondary N) is 1. The summed E-state index contributed by atoms with van der Waals surface area (Å²) < 4.78 is 61.5. The van der Waals surface area contributed by atoms with Gasteiger partial charge in [0.1, 0.15) is 0 Å². The molecule has 1 atom stereocenters. The lowest BCUT2D eigenvalue weighted by Gasteiger charge is -2.35. The summed E-state index contributed by atoms with van der Waals surface area (Å²) in [4.78, 5) is 6.94. The Bertz CT molecular complexity index is 605. The van der Waals surface area contributed by atoms with Crippen LogP contribution in [0.2, 0.25) is 0 Å². The Morgan fingerprint density at radius 3 is 2.44 bits per heavy atom. The minimum atomic E-state index is -5.22. The minimum Gasteiger partial charge on any atom is -0.357 e. The van der Waals surface area contributed by atoms with Crippen molar-refractivity contribution >= 4 is 27.7 Å². The SMILES string of the molecule is CCNC(=NCC1CCN(S(=O)(=O)C(F)(F)F)CC1)N1CCSC(CC)C1. The Kier molecular flexibility index (Phi) is 8.11. The molecule has 0 amide bonds. The maximum absolute atomic E-state index is 12.7. The van der Waals surface area contributed by atoms with Crippen molar-refractivity contribution in [1.29, 1.82) is 0 Å². The van der Waals surface area contributed by atoms with Crippen molar-refractivity contribution in [2.24, 2.45) is 10.9 Å². The molecule has 2 fully saturated rings. The first kappa shape index (κ1) is 22.6. The van der Waals surface area contributed by atoms with Gasteiger partial charge in [-0.25, -0.2) is 8.42 Å². The summed E-state index contributed by atoms with van der Waals surface area (Å²) in [7, 11) is -5.21. The Balaban J connectivity index is 1.92. The molecule has 0 aromatic rings. The van der Waals surface area contributed by atoms with Gasteiger partial charge in [0.15, 0.2) is 5.96 Å². The lowest BCUT2D eigenvalue weighted by molar-refractivity contribution is -0.0496. The highest BCUT2D eigenvalue weighted by Crippen LogP contribution is 2.30. The van der Waals surface area contributed by atoms with E-state index in [1.807, 2.05) is 18.7 Å². The standard InChI is InChI=1S/C16H29F3N4O2S2/c1-3-14-12-22(9-10-26-14)15(20-4-2)21-11-13-5-7-23(8-6-13)27(24,25)16(17,18)19/h13-14H,3-12H2,1-2H3,(H,20,21). The van der Waals surface area contributed by atoms with Gasteiger partial charge < -0.3 is 10.2 Å². The third-order valence-corrected chi connectivity index (χ3v) is 7.94. The largest absolute Gasteiger partial charge is 0.511 e. The molecule has 0 spiro atoms. The smallest absolute Gasteiger partial charge is 0.357 e. The first-order chi connectivity index (χ1) is 12.7. The zero-order valence-corrected chi connectivity index (χ0v) is 17.5. The molecule has 6 nitrogen and oxygen atoms in total. The van der Waals surface area contributed by atoms with Gasteiger partial charge in [-0.3, -0.25) is 4.99 Å². The summed E-state index contributed by atoms with van der Waals surface area (Å²) in [6, 6.07) is 0. The van der Waals surface area contributed by atoms with E-state index in [4.69, 9.17) is 4.99 Å². The Morgan fingerprint density at radius 2 is 1.89 bits per heavy atom. The topological polar surface area (TPSA) is 65.0 Å². The number of rotatable bonds is 5. The molecular formula is C16H29F3N4O2S2. The molecule has 0 aliphatic carbocycles. The predicted octanol–water partition coefficient (Wildman–Crippen LogP) is 2.34. The van der Waals surface area contributed by atoms with Gasteiger partial charge in [0, 0.05) is 50.3 Å². The zero-order valence-electron chi connectivity index (χ0n) is 15.8. The van der Waals surface area contributed by atoms with E-state index in [1.165, 1.54) is 0 Å². The lowest BCUT2D eigenvalue weighted by Crippen LogP contribution is -2.48. The summed E-state index contributed by atoms with van der Waals surface area (Å²) in [5.74, 6) is 2.00. The summed E-state index contributed by atoms with van der Waals surface area (Å²) >= 11 is 1.97. The number of halogens is 3. The van der Waals surface area contributed by atoms with Crippen molar-refractivity contribution < 1.29 is 21.6 Å². The second-order valence-electron chi connectivity index (χ2n) is 6.83. The number of sulfonamides is 1. The van der Waals surface area contributed by atoms with E-state index in [0.717, 1.165) is 37.8 Å². The van der Waals surface area contributed by atoms with E-state index < -0.39 is 15.5 Å². The van der Waals surface area contributed by atoms with Crippen LogP contribution in [0.15, 0.2) is 4.99 Å². The Labute approximate surface area is 164 Å². The molecule has 0 saturated carbocycles. The van der Waals surface area contributed by atoms with Gasteiger partial charge in [0.2, 0.25) is 0 Å². The Morgan fingerprint density at radius 1 is 1.22 bits per heavy atom. The fourth-order valence-electron chi connectivity index (χ4n) is 3.28. The van der Waals surface area contributed by atoms with E-state index in [0.29, 0.717) is 28.9 Å². The van der Waals surface area contributed by atoms with Crippen LogP contribution in [0.4, 0.5) is 13.2 Å². The molecule has 2 aliphatic rings. The van der Waals surface area contributed by atoms with Crippen LogP contribution < -0.4 is 5.32 Å². The fraction of sp³-hybridized carbons (Fsp3) is 0.938. The van der Waals surface area contributed by atoms with Gasteiger partial charge in [-0.2, -0.15) is 29.2 Å². The third kappa shape index (κ3) is 5.90. The van der Waals surface area contributed by atoms with E-state index in [-0.39, 0.29) is 19.0 Å². The molecule has 1 unspecified atom stereocenters. The summed E-state index contributed by atoms with van der Waals surface area (Å²) in [6.07, 6.45) is 1.89. The molecule has 2 heterocycles. The van der Waals surface area contributed by atoms with Crippen LogP contribution in [0, 0.1) is 5.92 Å². The normalized spacial score (nSPS) is 24.3. The quantitative estimate of drug-likeness (QED) is 0.536. The number of hydrogen-bond donors (Lipinski definition) is 1. The van der Waals surface area contributed by atoms with Crippen LogP contribution in [-0.4, -0.2) is 79.4 Å². The average Bonchev–Trinajstić information content (AvgIpc) is 2.64. The van der Waals surface area contributed by atoms with Crippen molar-refractivity contribution in [3.8, 4) is 0 Å². The molecule has 27 heavy (non-hydrogen) atoms. The number of nitrogens with zero attached hydrogens (tertiary/aromatic N) is 3. The van der Waals surface area contributed by atoms with Gasteiger partial charge in [0.05, 0.1) is 0 Å².